The van der Waals surface area contributed by atoms with Crippen LogP contribution in [0.5, 0.6) is 0 Å². The quantitative estimate of drug-likeness (QED) is 0.433. The number of hydrogen-bond acceptors (Lipinski definition) is 3. The fourth-order valence-corrected chi connectivity index (χ4v) is 3.67. The fourth-order valence-electron chi connectivity index (χ4n) is 3.67. The first kappa shape index (κ1) is 25.0. The Kier molecular flexibility index (Phi) is 8.46. The molecular weight excluding hydrogens is 433 g/mol. The van der Waals surface area contributed by atoms with E-state index in [-0.39, 0.29) is 37.4 Å². The molecule has 0 aliphatic heterocycles. The third-order valence-electron chi connectivity index (χ3n) is 5.74. The van der Waals surface area contributed by atoms with Crippen molar-refractivity contribution in [2.24, 2.45) is 0 Å². The lowest BCUT2D eigenvalue weighted by Gasteiger charge is -2.27. The van der Waals surface area contributed by atoms with Gasteiger partial charge in [0.1, 0.15) is 23.9 Å². The number of nitrogens with one attached hydrogen (secondary N) is 1. The van der Waals surface area contributed by atoms with Crippen LogP contribution in [0.2, 0.25) is 0 Å². The van der Waals surface area contributed by atoms with Gasteiger partial charge in [-0.25, -0.2) is 9.18 Å². The molecule has 0 aliphatic rings. The largest absolute Gasteiger partial charge is 0.464 e. The maximum Gasteiger partial charge on any atom is 0.322 e. The molecule has 0 saturated heterocycles. The van der Waals surface area contributed by atoms with Crippen molar-refractivity contribution in [3.8, 4) is 0 Å². The zero-order valence-corrected chi connectivity index (χ0v) is 20.2. The number of benzene rings is 2. The first-order valence-electron chi connectivity index (χ1n) is 11.5. The van der Waals surface area contributed by atoms with Gasteiger partial charge in [-0.3, -0.25) is 4.79 Å². The second-order valence-electron chi connectivity index (χ2n) is 8.49. The lowest BCUT2D eigenvalue weighted by molar-refractivity contribution is -0.133. The van der Waals surface area contributed by atoms with Gasteiger partial charge in [0.25, 0.3) is 0 Å². The Morgan fingerprint density at radius 1 is 0.941 bits per heavy atom. The van der Waals surface area contributed by atoms with E-state index in [1.807, 2.05) is 58.0 Å². The summed E-state index contributed by atoms with van der Waals surface area (Å²) in [6.07, 6.45) is 0.711. The van der Waals surface area contributed by atoms with Crippen molar-refractivity contribution in [3.63, 3.8) is 0 Å². The average Bonchev–Trinajstić information content (AvgIpc) is 3.22. The summed E-state index contributed by atoms with van der Waals surface area (Å²) in [5.74, 6) is 0.850. The van der Waals surface area contributed by atoms with Gasteiger partial charge in [0, 0.05) is 18.8 Å². The molecule has 1 heterocycles. The number of urea groups is 1. The molecule has 0 atom stereocenters. The maximum absolute atomic E-state index is 13.4. The highest BCUT2D eigenvalue weighted by molar-refractivity contribution is 5.93. The summed E-state index contributed by atoms with van der Waals surface area (Å²) < 4.78 is 19.0. The molecule has 7 heteroatoms. The molecule has 3 aromatic rings. The SMILES string of the molecule is CCCN(CC(=O)N(Cc1ccc(F)cc1)Cc1ccc(C)o1)C(=O)Nc1cccc(C)c1C. The van der Waals surface area contributed by atoms with Crippen LogP contribution < -0.4 is 5.32 Å². The van der Waals surface area contributed by atoms with Gasteiger partial charge < -0.3 is 19.5 Å². The maximum atomic E-state index is 13.4. The van der Waals surface area contributed by atoms with Crippen LogP contribution in [0.25, 0.3) is 0 Å². The summed E-state index contributed by atoms with van der Waals surface area (Å²) in [5.41, 5.74) is 3.59. The van der Waals surface area contributed by atoms with E-state index in [1.54, 1.807) is 17.0 Å². The lowest BCUT2D eigenvalue weighted by Crippen LogP contribution is -2.44. The molecule has 0 saturated carbocycles. The molecule has 0 unspecified atom stereocenters. The Balaban J connectivity index is 1.77. The van der Waals surface area contributed by atoms with Crippen LogP contribution in [0.3, 0.4) is 0 Å². The molecule has 180 valence electrons. The van der Waals surface area contributed by atoms with Crippen molar-refractivity contribution in [2.75, 3.05) is 18.4 Å². The summed E-state index contributed by atoms with van der Waals surface area (Å²) in [7, 11) is 0. The number of carbonyl (C=O) groups excluding carboxylic acids is 2. The number of furan rings is 1. The average molecular weight is 466 g/mol. The molecule has 0 radical (unpaired) electrons. The van der Waals surface area contributed by atoms with Gasteiger partial charge in [-0.2, -0.15) is 0 Å². The summed E-state index contributed by atoms with van der Waals surface area (Å²) in [6, 6.07) is 15.1. The number of hydrogen-bond donors (Lipinski definition) is 1. The second kappa shape index (κ2) is 11.5. The number of rotatable bonds is 9. The third kappa shape index (κ3) is 6.70. The first-order chi connectivity index (χ1) is 16.3. The second-order valence-corrected chi connectivity index (χ2v) is 8.49. The van der Waals surface area contributed by atoms with E-state index in [0.717, 1.165) is 28.1 Å². The molecule has 1 N–H and O–H groups in total. The van der Waals surface area contributed by atoms with Crippen LogP contribution in [0.15, 0.2) is 59.0 Å². The highest BCUT2D eigenvalue weighted by Gasteiger charge is 2.23. The normalized spacial score (nSPS) is 10.7. The molecule has 2 aromatic carbocycles. The molecular formula is C27H32FN3O3. The smallest absolute Gasteiger partial charge is 0.322 e. The van der Waals surface area contributed by atoms with E-state index < -0.39 is 0 Å². The van der Waals surface area contributed by atoms with Crippen molar-refractivity contribution in [2.45, 2.75) is 47.2 Å². The Morgan fingerprint density at radius 2 is 1.68 bits per heavy atom. The van der Waals surface area contributed by atoms with Crippen molar-refractivity contribution < 1.29 is 18.4 Å². The standard InChI is InChI=1S/C27H32FN3O3/c1-5-15-30(27(33)29-25-8-6-7-19(2)21(25)4)18-26(32)31(17-24-14-9-20(3)34-24)16-22-10-12-23(28)13-11-22/h6-14H,5,15-18H2,1-4H3,(H,29,33). The van der Waals surface area contributed by atoms with Crippen molar-refractivity contribution in [1.82, 2.24) is 9.80 Å². The predicted octanol–water partition coefficient (Wildman–Crippen LogP) is 5.82. The van der Waals surface area contributed by atoms with Crippen molar-refractivity contribution in [3.05, 3.63) is 88.6 Å². The molecule has 0 bridgehead atoms. The fraction of sp³-hybridized carbons (Fsp3) is 0.333. The van der Waals surface area contributed by atoms with Crippen LogP contribution in [0.1, 0.15) is 41.6 Å². The minimum atomic E-state index is -0.333. The van der Waals surface area contributed by atoms with Crippen LogP contribution in [-0.4, -0.2) is 34.8 Å². The number of amides is 3. The van der Waals surface area contributed by atoms with Gasteiger partial charge >= 0.3 is 6.03 Å². The van der Waals surface area contributed by atoms with E-state index >= 15 is 0 Å². The third-order valence-corrected chi connectivity index (χ3v) is 5.74. The van der Waals surface area contributed by atoms with Gasteiger partial charge in [0.2, 0.25) is 5.91 Å². The predicted molar refractivity (Wildman–Crippen MR) is 131 cm³/mol. The van der Waals surface area contributed by atoms with Crippen LogP contribution in [-0.2, 0) is 17.9 Å². The number of carbonyl (C=O) groups is 2. The van der Waals surface area contributed by atoms with E-state index in [2.05, 4.69) is 5.32 Å². The molecule has 3 amide bonds. The van der Waals surface area contributed by atoms with E-state index in [9.17, 15) is 14.0 Å². The van der Waals surface area contributed by atoms with E-state index in [1.165, 1.54) is 17.0 Å². The highest BCUT2D eigenvalue weighted by Crippen LogP contribution is 2.19. The molecule has 3 rings (SSSR count). The van der Waals surface area contributed by atoms with Gasteiger partial charge in [0.15, 0.2) is 0 Å². The number of anilines is 1. The van der Waals surface area contributed by atoms with Gasteiger partial charge in [-0.05, 0) is 74.2 Å². The monoisotopic (exact) mass is 465 g/mol. The summed E-state index contributed by atoms with van der Waals surface area (Å²) in [6.45, 7) is 8.64. The Morgan fingerprint density at radius 3 is 2.32 bits per heavy atom. The summed E-state index contributed by atoms with van der Waals surface area (Å²) >= 11 is 0. The first-order valence-corrected chi connectivity index (χ1v) is 11.5. The minimum absolute atomic E-state index is 0.0780. The molecule has 0 aliphatic carbocycles. The van der Waals surface area contributed by atoms with E-state index in [0.29, 0.717) is 18.7 Å². The van der Waals surface area contributed by atoms with Crippen molar-refractivity contribution in [1.29, 1.82) is 0 Å². The van der Waals surface area contributed by atoms with Crippen LogP contribution in [0.4, 0.5) is 14.9 Å². The van der Waals surface area contributed by atoms with Crippen molar-refractivity contribution >= 4 is 17.6 Å². The molecule has 1 aromatic heterocycles. The molecule has 0 spiro atoms. The summed E-state index contributed by atoms with van der Waals surface area (Å²) in [5, 5.41) is 2.95. The van der Waals surface area contributed by atoms with Gasteiger partial charge in [-0.15, -0.1) is 0 Å². The minimum Gasteiger partial charge on any atom is -0.464 e. The topological polar surface area (TPSA) is 65.8 Å². The summed E-state index contributed by atoms with van der Waals surface area (Å²) in [4.78, 5) is 29.6. The molecule has 0 fully saturated rings. The van der Waals surface area contributed by atoms with Crippen LogP contribution >= 0.6 is 0 Å². The van der Waals surface area contributed by atoms with Crippen LogP contribution in [0, 0.1) is 26.6 Å². The lowest BCUT2D eigenvalue weighted by atomic mass is 10.1. The Hall–Kier alpha value is -3.61. The Labute approximate surface area is 200 Å². The number of aryl methyl sites for hydroxylation is 2. The number of nitrogens with zero attached hydrogens (tertiary/aromatic N) is 2. The van der Waals surface area contributed by atoms with Gasteiger partial charge in [0.05, 0.1) is 6.54 Å². The Bertz CT molecular complexity index is 1120. The molecule has 34 heavy (non-hydrogen) atoms. The molecule has 6 nitrogen and oxygen atoms in total. The zero-order valence-electron chi connectivity index (χ0n) is 20.2. The zero-order chi connectivity index (χ0) is 24.7. The van der Waals surface area contributed by atoms with E-state index in [4.69, 9.17) is 4.42 Å². The number of halogens is 1. The highest BCUT2D eigenvalue weighted by atomic mass is 19.1. The van der Waals surface area contributed by atoms with Gasteiger partial charge in [-0.1, -0.05) is 31.2 Å².